The summed E-state index contributed by atoms with van der Waals surface area (Å²) in [5.74, 6) is 0.596. The number of carbonyl (C=O) groups excluding carboxylic acids is 1. The van der Waals surface area contributed by atoms with Gasteiger partial charge in [-0.1, -0.05) is 6.92 Å². The molecule has 4 nitrogen and oxygen atoms in total. The molecule has 0 aromatic heterocycles. The highest BCUT2D eigenvalue weighted by atomic mass is 16.3. The predicted octanol–water partition coefficient (Wildman–Crippen LogP) is 0.995. The van der Waals surface area contributed by atoms with Crippen LogP contribution in [0.5, 0.6) is 0 Å². The second kappa shape index (κ2) is 7.67. The third-order valence-electron chi connectivity index (χ3n) is 3.42. The second-order valence-electron chi connectivity index (χ2n) is 5.14. The van der Waals surface area contributed by atoms with Crippen molar-refractivity contribution in [3.8, 4) is 0 Å². The third kappa shape index (κ3) is 5.04. The first-order valence-corrected chi connectivity index (χ1v) is 6.78. The van der Waals surface area contributed by atoms with Crippen LogP contribution in [0, 0.1) is 5.92 Å². The highest BCUT2D eigenvalue weighted by Crippen LogP contribution is 2.09. The van der Waals surface area contributed by atoms with Crippen LogP contribution in [0.4, 0.5) is 0 Å². The van der Waals surface area contributed by atoms with E-state index in [9.17, 15) is 4.79 Å². The van der Waals surface area contributed by atoms with Gasteiger partial charge in [0.1, 0.15) is 0 Å². The van der Waals surface area contributed by atoms with E-state index in [1.165, 1.54) is 0 Å². The van der Waals surface area contributed by atoms with E-state index >= 15 is 0 Å². The minimum Gasteiger partial charge on any atom is -0.396 e. The van der Waals surface area contributed by atoms with Gasteiger partial charge in [0.05, 0.1) is 6.04 Å². The highest BCUT2D eigenvalue weighted by molar-refractivity contribution is 5.81. The number of rotatable bonds is 7. The molecule has 0 aromatic carbocycles. The molecule has 1 rings (SSSR count). The number of carbonyl (C=O) groups is 1. The lowest BCUT2D eigenvalue weighted by molar-refractivity contribution is -0.131. The van der Waals surface area contributed by atoms with Gasteiger partial charge in [-0.3, -0.25) is 4.79 Å². The Hall–Kier alpha value is -0.610. The zero-order valence-electron chi connectivity index (χ0n) is 11.1. The molecule has 0 aliphatic carbocycles. The van der Waals surface area contributed by atoms with Crippen LogP contribution in [0.1, 0.15) is 39.5 Å². The molecular weight excluding hydrogens is 216 g/mol. The minimum absolute atomic E-state index is 0.0717. The molecular formula is C13H26N2O2. The zero-order chi connectivity index (χ0) is 12.7. The van der Waals surface area contributed by atoms with E-state index in [2.05, 4.69) is 5.32 Å². The summed E-state index contributed by atoms with van der Waals surface area (Å²) in [4.78, 5) is 13.9. The van der Waals surface area contributed by atoms with E-state index < -0.39 is 0 Å². The Kier molecular flexibility index (Phi) is 6.52. The quantitative estimate of drug-likeness (QED) is 0.655. The fourth-order valence-electron chi connectivity index (χ4n) is 2.16. The van der Waals surface area contributed by atoms with Crippen molar-refractivity contribution in [3.63, 3.8) is 0 Å². The van der Waals surface area contributed by atoms with Crippen molar-refractivity contribution in [3.05, 3.63) is 0 Å². The number of likely N-dealkylation sites (tertiary alicyclic amines) is 1. The van der Waals surface area contributed by atoms with E-state index in [1.54, 1.807) is 0 Å². The molecule has 0 bridgehead atoms. The van der Waals surface area contributed by atoms with Crippen LogP contribution in [0.25, 0.3) is 0 Å². The maximum Gasteiger partial charge on any atom is 0.239 e. The van der Waals surface area contributed by atoms with Crippen LogP contribution in [-0.2, 0) is 4.79 Å². The number of aliphatic hydroxyl groups is 1. The first kappa shape index (κ1) is 14.5. The lowest BCUT2D eigenvalue weighted by atomic mass is 10.1. The first-order chi connectivity index (χ1) is 8.15. The number of hydrogen-bond donors (Lipinski definition) is 2. The average molecular weight is 242 g/mol. The number of hydrogen-bond acceptors (Lipinski definition) is 3. The van der Waals surface area contributed by atoms with Crippen LogP contribution in [0.3, 0.4) is 0 Å². The van der Waals surface area contributed by atoms with E-state index in [0.29, 0.717) is 5.92 Å². The molecule has 0 aromatic rings. The van der Waals surface area contributed by atoms with Gasteiger partial charge >= 0.3 is 0 Å². The van der Waals surface area contributed by atoms with E-state index in [-0.39, 0.29) is 18.6 Å². The van der Waals surface area contributed by atoms with Gasteiger partial charge in [0.2, 0.25) is 5.91 Å². The smallest absolute Gasteiger partial charge is 0.239 e. The molecule has 1 aliphatic heterocycles. The molecule has 4 heteroatoms. The molecule has 1 saturated heterocycles. The zero-order valence-corrected chi connectivity index (χ0v) is 11.1. The van der Waals surface area contributed by atoms with Crippen molar-refractivity contribution in [2.75, 3.05) is 26.2 Å². The van der Waals surface area contributed by atoms with Crippen LogP contribution in [-0.4, -0.2) is 48.2 Å². The number of nitrogens with zero attached hydrogens (tertiary/aromatic N) is 1. The summed E-state index contributed by atoms with van der Waals surface area (Å²) in [6, 6.07) is -0.0717. The summed E-state index contributed by atoms with van der Waals surface area (Å²) >= 11 is 0. The topological polar surface area (TPSA) is 52.6 Å². The van der Waals surface area contributed by atoms with Gasteiger partial charge in [0.15, 0.2) is 0 Å². The minimum atomic E-state index is -0.0717. The summed E-state index contributed by atoms with van der Waals surface area (Å²) < 4.78 is 0. The van der Waals surface area contributed by atoms with Crippen molar-refractivity contribution in [1.29, 1.82) is 0 Å². The van der Waals surface area contributed by atoms with Crippen LogP contribution < -0.4 is 5.32 Å². The van der Waals surface area contributed by atoms with Gasteiger partial charge in [0.25, 0.3) is 0 Å². The maximum atomic E-state index is 12.0. The van der Waals surface area contributed by atoms with Crippen LogP contribution in [0.15, 0.2) is 0 Å². The molecule has 2 unspecified atom stereocenters. The molecule has 1 fully saturated rings. The lowest BCUT2D eigenvalue weighted by Crippen LogP contribution is -2.43. The Labute approximate surface area is 104 Å². The summed E-state index contributed by atoms with van der Waals surface area (Å²) in [5, 5.41) is 12.2. The predicted molar refractivity (Wildman–Crippen MR) is 68.8 cm³/mol. The average Bonchev–Trinajstić information content (AvgIpc) is 2.86. The summed E-state index contributed by atoms with van der Waals surface area (Å²) in [7, 11) is 0. The van der Waals surface area contributed by atoms with E-state index in [4.69, 9.17) is 5.11 Å². The SMILES string of the molecule is CC(CO)CCCNC(C)C(=O)N1CCCC1. The van der Waals surface area contributed by atoms with Gasteiger partial charge < -0.3 is 15.3 Å². The largest absolute Gasteiger partial charge is 0.396 e. The normalized spacial score (nSPS) is 19.4. The second-order valence-corrected chi connectivity index (χ2v) is 5.14. The monoisotopic (exact) mass is 242 g/mol. The molecule has 0 radical (unpaired) electrons. The van der Waals surface area contributed by atoms with Crippen LogP contribution in [0.2, 0.25) is 0 Å². The van der Waals surface area contributed by atoms with E-state index in [1.807, 2.05) is 18.7 Å². The van der Waals surface area contributed by atoms with Crippen molar-refractivity contribution in [2.24, 2.45) is 5.92 Å². The van der Waals surface area contributed by atoms with Crippen molar-refractivity contribution >= 4 is 5.91 Å². The molecule has 17 heavy (non-hydrogen) atoms. The lowest BCUT2D eigenvalue weighted by Gasteiger charge is -2.21. The summed E-state index contributed by atoms with van der Waals surface area (Å²) in [6.07, 6.45) is 4.31. The van der Waals surface area contributed by atoms with Gasteiger partial charge in [-0.2, -0.15) is 0 Å². The molecule has 1 heterocycles. The molecule has 100 valence electrons. The molecule has 2 atom stereocenters. The summed E-state index contributed by atoms with van der Waals surface area (Å²) in [5.41, 5.74) is 0. The molecule has 1 aliphatic rings. The number of nitrogens with one attached hydrogen (secondary N) is 1. The Morgan fingerprint density at radius 3 is 2.59 bits per heavy atom. The molecule has 0 spiro atoms. The van der Waals surface area contributed by atoms with Gasteiger partial charge in [-0.25, -0.2) is 0 Å². The third-order valence-corrected chi connectivity index (χ3v) is 3.42. The summed E-state index contributed by atoms with van der Waals surface area (Å²) in [6.45, 7) is 6.93. The number of amides is 1. The van der Waals surface area contributed by atoms with Crippen molar-refractivity contribution in [2.45, 2.75) is 45.6 Å². The standard InChI is InChI=1S/C13H26N2O2/c1-11(10-16)6-5-7-14-12(2)13(17)15-8-3-4-9-15/h11-12,14,16H,3-10H2,1-2H3. The van der Waals surface area contributed by atoms with Gasteiger partial charge in [-0.05, 0) is 45.1 Å². The van der Waals surface area contributed by atoms with Crippen molar-refractivity contribution < 1.29 is 9.90 Å². The molecule has 1 amide bonds. The van der Waals surface area contributed by atoms with Gasteiger partial charge in [0, 0.05) is 19.7 Å². The Morgan fingerprint density at radius 1 is 1.35 bits per heavy atom. The maximum absolute atomic E-state index is 12.0. The van der Waals surface area contributed by atoms with Crippen LogP contribution >= 0.6 is 0 Å². The van der Waals surface area contributed by atoms with E-state index in [0.717, 1.165) is 45.3 Å². The number of aliphatic hydroxyl groups excluding tert-OH is 1. The molecule has 0 saturated carbocycles. The van der Waals surface area contributed by atoms with Gasteiger partial charge in [-0.15, -0.1) is 0 Å². The fourth-order valence-corrected chi connectivity index (χ4v) is 2.16. The Balaban J connectivity index is 2.11. The Morgan fingerprint density at radius 2 is 2.00 bits per heavy atom. The Bertz CT molecular complexity index is 227. The van der Waals surface area contributed by atoms with Crippen molar-refractivity contribution in [1.82, 2.24) is 10.2 Å². The molecule has 2 N–H and O–H groups in total. The fraction of sp³-hybridized carbons (Fsp3) is 0.923. The highest BCUT2D eigenvalue weighted by Gasteiger charge is 2.22. The first-order valence-electron chi connectivity index (χ1n) is 6.78.